The normalized spacial score (nSPS) is 14.3. The van der Waals surface area contributed by atoms with Crippen LogP contribution in [-0.4, -0.2) is 34.3 Å². The number of halogens is 3. The number of benzene rings is 2. The Hall–Kier alpha value is -3.95. The number of alkyl halides is 3. The van der Waals surface area contributed by atoms with E-state index in [9.17, 15) is 27.9 Å². The summed E-state index contributed by atoms with van der Waals surface area (Å²) in [5, 5.41) is 14.8. The summed E-state index contributed by atoms with van der Waals surface area (Å²) in [7, 11) is 0. The number of hydrogen-bond acceptors (Lipinski definition) is 3. The van der Waals surface area contributed by atoms with E-state index in [2.05, 4.69) is 15.5 Å². The molecule has 1 aromatic heterocycles. The Morgan fingerprint density at radius 3 is 2.46 bits per heavy atom. The number of anilines is 3. The molecular weight excluding hydrogens is 485 g/mol. The fraction of sp³-hybridized carbons (Fsp3) is 0.333. The van der Waals surface area contributed by atoms with E-state index in [0.717, 1.165) is 43.5 Å². The first-order valence-electron chi connectivity index (χ1n) is 12.2. The zero-order valence-electron chi connectivity index (χ0n) is 20.4. The van der Waals surface area contributed by atoms with Gasteiger partial charge in [0.25, 0.3) is 0 Å². The van der Waals surface area contributed by atoms with Crippen LogP contribution in [0.4, 0.5) is 35.0 Å². The summed E-state index contributed by atoms with van der Waals surface area (Å²) in [6.45, 7) is 2.72. The fourth-order valence-electron chi connectivity index (χ4n) is 4.88. The molecule has 0 aliphatic heterocycles. The number of hydrogen-bond donors (Lipinski definition) is 3. The molecule has 10 heteroatoms. The van der Waals surface area contributed by atoms with Gasteiger partial charge in [-0.3, -0.25) is 0 Å². The molecule has 0 atom stereocenters. The van der Waals surface area contributed by atoms with Crippen LogP contribution in [0, 0.1) is 0 Å². The van der Waals surface area contributed by atoms with Gasteiger partial charge in [-0.05, 0) is 68.3 Å². The number of carbonyl (C=O) groups is 2. The van der Waals surface area contributed by atoms with E-state index < -0.39 is 23.7 Å². The van der Waals surface area contributed by atoms with Gasteiger partial charge < -0.3 is 25.2 Å². The third-order valence-corrected chi connectivity index (χ3v) is 6.59. The largest absolute Gasteiger partial charge is 0.477 e. The minimum Gasteiger partial charge on any atom is -0.477 e. The van der Waals surface area contributed by atoms with Gasteiger partial charge in [-0.1, -0.05) is 25.3 Å². The minimum absolute atomic E-state index is 0.00299. The number of aromatic carboxylic acids is 1. The molecule has 7 nitrogen and oxygen atoms in total. The number of nitrogens with zero attached hydrogens (tertiary/aromatic N) is 2. The van der Waals surface area contributed by atoms with Crippen LogP contribution in [0.5, 0.6) is 0 Å². The molecule has 2 aromatic carbocycles. The highest BCUT2D eigenvalue weighted by Crippen LogP contribution is 2.35. The van der Waals surface area contributed by atoms with Gasteiger partial charge in [-0.15, -0.1) is 0 Å². The van der Waals surface area contributed by atoms with Crippen LogP contribution in [0.2, 0.25) is 0 Å². The molecule has 4 rings (SSSR count). The lowest BCUT2D eigenvalue weighted by molar-refractivity contribution is -0.137. The van der Waals surface area contributed by atoms with E-state index >= 15 is 0 Å². The highest BCUT2D eigenvalue weighted by atomic mass is 19.4. The molecule has 3 N–H and O–H groups in total. The van der Waals surface area contributed by atoms with E-state index in [1.165, 1.54) is 29.2 Å². The number of rotatable bonds is 7. The highest BCUT2D eigenvalue weighted by molar-refractivity contribution is 6.02. The Kier molecular flexibility index (Phi) is 7.75. The lowest BCUT2D eigenvalue weighted by Gasteiger charge is -2.36. The molecule has 0 radical (unpaired) electrons. The second-order valence-corrected chi connectivity index (χ2v) is 9.01. The Morgan fingerprint density at radius 2 is 1.78 bits per heavy atom. The van der Waals surface area contributed by atoms with Crippen molar-refractivity contribution in [1.29, 1.82) is 0 Å². The van der Waals surface area contributed by atoms with Gasteiger partial charge in [0.2, 0.25) is 0 Å². The van der Waals surface area contributed by atoms with Crippen molar-refractivity contribution >= 4 is 29.1 Å². The van der Waals surface area contributed by atoms with Gasteiger partial charge in [-0.25, -0.2) is 9.59 Å². The molecule has 37 heavy (non-hydrogen) atoms. The number of nitrogens with one attached hydrogen (secondary N) is 2. The van der Waals surface area contributed by atoms with E-state index in [1.54, 1.807) is 24.4 Å². The van der Waals surface area contributed by atoms with Crippen LogP contribution in [0.1, 0.15) is 55.1 Å². The molecule has 1 heterocycles. The molecule has 1 saturated carbocycles. The second-order valence-electron chi connectivity index (χ2n) is 9.01. The molecule has 0 unspecified atom stereocenters. The smallest absolute Gasteiger partial charge is 0.416 e. The standard InChI is InChI=1S/C27H29F3N4O3/c1-2-33(20-10-4-3-5-11-20)23-14-13-21(34-15-7-12-24(34)25(35)36)17-22(23)32-26(37)31-19-9-6-8-18(16-19)27(28,29)30/h6-9,12-17,20H,2-5,10-11H2,1H3,(H,35,36)(H2,31,32,37). The maximum atomic E-state index is 13.1. The summed E-state index contributed by atoms with van der Waals surface area (Å²) in [6, 6.07) is 12.4. The van der Waals surface area contributed by atoms with Gasteiger partial charge >= 0.3 is 18.2 Å². The molecule has 0 saturated heterocycles. The predicted molar refractivity (Wildman–Crippen MR) is 137 cm³/mol. The Balaban J connectivity index is 1.67. The summed E-state index contributed by atoms with van der Waals surface area (Å²) in [6.07, 6.45) is 2.54. The zero-order valence-corrected chi connectivity index (χ0v) is 20.4. The zero-order chi connectivity index (χ0) is 26.6. The number of aromatic nitrogens is 1. The van der Waals surface area contributed by atoms with Crippen LogP contribution in [0.25, 0.3) is 5.69 Å². The molecule has 3 aromatic rings. The van der Waals surface area contributed by atoms with Crippen LogP contribution in [0.3, 0.4) is 0 Å². The predicted octanol–water partition coefficient (Wildman–Crippen LogP) is 7.00. The van der Waals surface area contributed by atoms with Crippen molar-refractivity contribution in [2.45, 2.75) is 51.2 Å². The molecular formula is C27H29F3N4O3. The van der Waals surface area contributed by atoms with Crippen molar-refractivity contribution in [1.82, 2.24) is 4.57 Å². The summed E-state index contributed by atoms with van der Waals surface area (Å²) in [5.41, 5.74) is 0.923. The molecule has 2 amide bonds. The highest BCUT2D eigenvalue weighted by Gasteiger charge is 2.30. The lowest BCUT2D eigenvalue weighted by Crippen LogP contribution is -2.37. The Labute approximate surface area is 212 Å². The van der Waals surface area contributed by atoms with Crippen molar-refractivity contribution in [2.75, 3.05) is 22.1 Å². The van der Waals surface area contributed by atoms with E-state index in [1.807, 2.05) is 13.0 Å². The lowest BCUT2D eigenvalue weighted by atomic mass is 9.93. The van der Waals surface area contributed by atoms with Crippen molar-refractivity contribution in [3.8, 4) is 5.69 Å². The molecule has 196 valence electrons. The van der Waals surface area contributed by atoms with E-state index in [4.69, 9.17) is 0 Å². The van der Waals surface area contributed by atoms with Gasteiger partial charge in [0, 0.05) is 30.2 Å². The quantitative estimate of drug-likeness (QED) is 0.317. The van der Waals surface area contributed by atoms with Crippen LogP contribution in [-0.2, 0) is 6.18 Å². The van der Waals surface area contributed by atoms with Gasteiger partial charge in [-0.2, -0.15) is 13.2 Å². The summed E-state index contributed by atoms with van der Waals surface area (Å²) in [4.78, 5) is 26.8. The number of carbonyl (C=O) groups excluding carboxylic acids is 1. The van der Waals surface area contributed by atoms with Crippen molar-refractivity contribution in [2.24, 2.45) is 0 Å². The molecule has 0 spiro atoms. The average molecular weight is 515 g/mol. The Morgan fingerprint density at radius 1 is 1.03 bits per heavy atom. The third kappa shape index (κ3) is 6.07. The molecule has 1 aliphatic carbocycles. The maximum Gasteiger partial charge on any atom is 0.416 e. The summed E-state index contributed by atoms with van der Waals surface area (Å²) < 4.78 is 40.8. The van der Waals surface area contributed by atoms with Crippen LogP contribution >= 0.6 is 0 Å². The van der Waals surface area contributed by atoms with Crippen molar-refractivity contribution in [3.05, 3.63) is 72.1 Å². The summed E-state index contributed by atoms with van der Waals surface area (Å²) in [5.74, 6) is -1.09. The number of carboxylic acids is 1. The summed E-state index contributed by atoms with van der Waals surface area (Å²) >= 11 is 0. The number of amides is 2. The fourth-order valence-corrected chi connectivity index (χ4v) is 4.88. The molecule has 1 fully saturated rings. The van der Waals surface area contributed by atoms with Crippen molar-refractivity contribution in [3.63, 3.8) is 0 Å². The first kappa shape index (κ1) is 26.1. The maximum absolute atomic E-state index is 13.1. The molecule has 1 aliphatic rings. The first-order valence-corrected chi connectivity index (χ1v) is 12.2. The number of carboxylic acid groups (broad SMARTS) is 1. The van der Waals surface area contributed by atoms with Gasteiger partial charge in [0.05, 0.1) is 16.9 Å². The Bertz CT molecular complexity index is 1270. The minimum atomic E-state index is -4.53. The molecule has 0 bridgehead atoms. The van der Waals surface area contributed by atoms with Crippen molar-refractivity contribution < 1.29 is 27.9 Å². The average Bonchev–Trinajstić information content (AvgIpc) is 3.36. The van der Waals surface area contributed by atoms with E-state index in [-0.39, 0.29) is 17.4 Å². The van der Waals surface area contributed by atoms with Gasteiger partial charge in [0.1, 0.15) is 5.69 Å². The SMILES string of the molecule is CCN(c1ccc(-n2cccc2C(=O)O)cc1NC(=O)Nc1cccc(C(F)(F)F)c1)C1CCCCC1. The second kappa shape index (κ2) is 11.0. The van der Waals surface area contributed by atoms with E-state index in [0.29, 0.717) is 17.9 Å². The first-order chi connectivity index (χ1) is 17.7. The van der Waals surface area contributed by atoms with Gasteiger partial charge in [0.15, 0.2) is 0 Å². The monoisotopic (exact) mass is 514 g/mol. The topological polar surface area (TPSA) is 86.6 Å². The third-order valence-electron chi connectivity index (χ3n) is 6.59. The van der Waals surface area contributed by atoms with Crippen LogP contribution < -0.4 is 15.5 Å². The number of urea groups is 1. The van der Waals surface area contributed by atoms with Crippen LogP contribution in [0.15, 0.2) is 60.8 Å².